The Labute approximate surface area is 146 Å². The van der Waals surface area contributed by atoms with Gasteiger partial charge in [0.2, 0.25) is 10.0 Å². The first-order chi connectivity index (χ1) is 11.8. The van der Waals surface area contributed by atoms with Gasteiger partial charge in [0.15, 0.2) is 0 Å². The van der Waals surface area contributed by atoms with Crippen LogP contribution in [0.2, 0.25) is 0 Å². The Morgan fingerprint density at radius 2 is 1.72 bits per heavy atom. The standard InChI is InChI=1S/C17H19FN2O4S/c1-20(25(2,22)23)15-7-3-13(4-8-15)17(21)19-11-12-24-16-9-5-14(18)6-10-16/h3-10H,11-12H2,1-2H3,(H,19,21). The van der Waals surface area contributed by atoms with Crippen LogP contribution < -0.4 is 14.4 Å². The molecule has 2 rings (SSSR count). The summed E-state index contributed by atoms with van der Waals surface area (Å²) < 4.78 is 42.2. The number of amides is 1. The highest BCUT2D eigenvalue weighted by molar-refractivity contribution is 7.92. The molecule has 0 saturated heterocycles. The highest BCUT2D eigenvalue weighted by atomic mass is 32.2. The molecule has 0 saturated carbocycles. The molecule has 25 heavy (non-hydrogen) atoms. The molecule has 1 amide bonds. The monoisotopic (exact) mass is 366 g/mol. The molecule has 0 atom stereocenters. The van der Waals surface area contributed by atoms with E-state index in [0.717, 1.165) is 10.6 Å². The molecule has 1 N–H and O–H groups in total. The van der Waals surface area contributed by atoms with Crippen molar-refractivity contribution in [2.24, 2.45) is 0 Å². The smallest absolute Gasteiger partial charge is 0.251 e. The number of carbonyl (C=O) groups is 1. The van der Waals surface area contributed by atoms with Crippen LogP contribution in [0.15, 0.2) is 48.5 Å². The van der Waals surface area contributed by atoms with Gasteiger partial charge in [-0.3, -0.25) is 9.10 Å². The molecular formula is C17H19FN2O4S. The molecule has 0 spiro atoms. The normalized spacial score (nSPS) is 11.0. The van der Waals surface area contributed by atoms with Gasteiger partial charge in [-0.05, 0) is 48.5 Å². The summed E-state index contributed by atoms with van der Waals surface area (Å²) in [6, 6.07) is 11.8. The van der Waals surface area contributed by atoms with Gasteiger partial charge in [0, 0.05) is 12.6 Å². The molecule has 6 nitrogen and oxygen atoms in total. The molecule has 0 aliphatic rings. The highest BCUT2D eigenvalue weighted by Gasteiger charge is 2.12. The third-order valence-corrected chi connectivity index (χ3v) is 4.67. The number of nitrogens with zero attached hydrogens (tertiary/aromatic N) is 1. The zero-order valence-corrected chi connectivity index (χ0v) is 14.7. The maximum Gasteiger partial charge on any atom is 0.251 e. The summed E-state index contributed by atoms with van der Waals surface area (Å²) in [6.07, 6.45) is 1.11. The summed E-state index contributed by atoms with van der Waals surface area (Å²) in [4.78, 5) is 12.0. The Balaban J connectivity index is 1.83. The van der Waals surface area contributed by atoms with Crippen molar-refractivity contribution in [2.75, 3.05) is 30.8 Å². The van der Waals surface area contributed by atoms with Crippen molar-refractivity contribution in [3.63, 3.8) is 0 Å². The van der Waals surface area contributed by atoms with Gasteiger partial charge in [0.1, 0.15) is 18.2 Å². The number of rotatable bonds is 7. The molecule has 0 bridgehead atoms. The first-order valence-corrected chi connectivity index (χ1v) is 9.33. The molecule has 8 heteroatoms. The number of sulfonamides is 1. The van der Waals surface area contributed by atoms with Crippen molar-refractivity contribution >= 4 is 21.6 Å². The molecule has 0 aliphatic heterocycles. The molecule has 134 valence electrons. The van der Waals surface area contributed by atoms with Crippen LogP contribution in [0.4, 0.5) is 10.1 Å². The summed E-state index contributed by atoms with van der Waals surface area (Å²) in [5, 5.41) is 2.69. The van der Waals surface area contributed by atoms with E-state index in [4.69, 9.17) is 4.74 Å². The van der Waals surface area contributed by atoms with Gasteiger partial charge in [0.25, 0.3) is 5.91 Å². The Morgan fingerprint density at radius 3 is 2.28 bits per heavy atom. The number of ether oxygens (including phenoxy) is 1. The van der Waals surface area contributed by atoms with Crippen molar-refractivity contribution in [3.05, 3.63) is 59.9 Å². The van der Waals surface area contributed by atoms with Crippen LogP contribution >= 0.6 is 0 Å². The Kier molecular flexibility index (Phi) is 5.97. The summed E-state index contributed by atoms with van der Waals surface area (Å²) in [6.45, 7) is 0.521. The third kappa shape index (κ3) is 5.46. The summed E-state index contributed by atoms with van der Waals surface area (Å²) in [7, 11) is -1.90. The molecule has 0 unspecified atom stereocenters. The molecule has 0 aromatic heterocycles. The zero-order chi connectivity index (χ0) is 18.4. The average Bonchev–Trinajstić information content (AvgIpc) is 2.58. The number of hydrogen-bond donors (Lipinski definition) is 1. The lowest BCUT2D eigenvalue weighted by molar-refractivity contribution is 0.0947. The van der Waals surface area contributed by atoms with Gasteiger partial charge in [-0.25, -0.2) is 12.8 Å². The van der Waals surface area contributed by atoms with Crippen LogP contribution in [-0.4, -0.2) is 40.8 Å². The SMILES string of the molecule is CN(c1ccc(C(=O)NCCOc2ccc(F)cc2)cc1)S(C)(=O)=O. The van der Waals surface area contributed by atoms with E-state index in [2.05, 4.69) is 5.32 Å². The van der Waals surface area contributed by atoms with E-state index in [1.54, 1.807) is 24.3 Å². The second kappa shape index (κ2) is 7.98. The lowest BCUT2D eigenvalue weighted by Crippen LogP contribution is -2.28. The van der Waals surface area contributed by atoms with Gasteiger partial charge in [-0.2, -0.15) is 0 Å². The van der Waals surface area contributed by atoms with Gasteiger partial charge < -0.3 is 10.1 Å². The van der Waals surface area contributed by atoms with Crippen molar-refractivity contribution < 1.29 is 22.3 Å². The third-order valence-electron chi connectivity index (χ3n) is 3.46. The second-order valence-corrected chi connectivity index (χ2v) is 7.35. The Bertz CT molecular complexity index is 821. The number of halogens is 1. The van der Waals surface area contributed by atoms with Crippen molar-refractivity contribution in [2.45, 2.75) is 0 Å². The fourth-order valence-electron chi connectivity index (χ4n) is 1.98. The number of nitrogens with one attached hydrogen (secondary N) is 1. The lowest BCUT2D eigenvalue weighted by Gasteiger charge is -2.16. The van der Waals surface area contributed by atoms with Crippen LogP contribution in [0.25, 0.3) is 0 Å². The van der Waals surface area contributed by atoms with E-state index in [0.29, 0.717) is 17.0 Å². The number of hydrogen-bond acceptors (Lipinski definition) is 4. The average molecular weight is 366 g/mol. The van der Waals surface area contributed by atoms with Crippen molar-refractivity contribution in [1.29, 1.82) is 0 Å². The first kappa shape index (κ1) is 18.7. The van der Waals surface area contributed by atoms with Crippen molar-refractivity contribution in [3.8, 4) is 5.75 Å². The molecule has 0 fully saturated rings. The minimum atomic E-state index is -3.34. The largest absolute Gasteiger partial charge is 0.492 e. The number of anilines is 1. The topological polar surface area (TPSA) is 75.7 Å². The van der Waals surface area contributed by atoms with Crippen LogP contribution in [0.3, 0.4) is 0 Å². The number of carbonyl (C=O) groups excluding carboxylic acids is 1. The molecule has 0 aliphatic carbocycles. The zero-order valence-electron chi connectivity index (χ0n) is 13.9. The maximum atomic E-state index is 12.8. The van der Waals surface area contributed by atoms with Gasteiger partial charge in [-0.15, -0.1) is 0 Å². The quantitative estimate of drug-likeness (QED) is 0.761. The Morgan fingerprint density at radius 1 is 1.12 bits per heavy atom. The molecular weight excluding hydrogens is 347 g/mol. The maximum absolute atomic E-state index is 12.8. The van der Waals surface area contributed by atoms with Crippen molar-refractivity contribution in [1.82, 2.24) is 5.32 Å². The van der Waals surface area contributed by atoms with E-state index in [1.165, 1.54) is 31.3 Å². The number of benzene rings is 2. The summed E-state index contributed by atoms with van der Waals surface area (Å²) >= 11 is 0. The lowest BCUT2D eigenvalue weighted by atomic mass is 10.2. The van der Waals surface area contributed by atoms with E-state index in [-0.39, 0.29) is 24.9 Å². The van der Waals surface area contributed by atoms with Gasteiger partial charge in [-0.1, -0.05) is 0 Å². The highest BCUT2D eigenvalue weighted by Crippen LogP contribution is 2.16. The minimum absolute atomic E-state index is 0.242. The Hall–Kier alpha value is -2.61. The summed E-state index contributed by atoms with van der Waals surface area (Å²) in [5.74, 6) is -0.120. The summed E-state index contributed by atoms with van der Waals surface area (Å²) in [5.41, 5.74) is 0.881. The predicted molar refractivity (Wildman–Crippen MR) is 93.9 cm³/mol. The van der Waals surface area contributed by atoms with E-state index in [9.17, 15) is 17.6 Å². The van der Waals surface area contributed by atoms with Gasteiger partial charge >= 0.3 is 0 Å². The van der Waals surface area contributed by atoms with E-state index < -0.39 is 10.0 Å². The van der Waals surface area contributed by atoms with Crippen LogP contribution in [0, 0.1) is 5.82 Å². The van der Waals surface area contributed by atoms with Crippen LogP contribution in [0.5, 0.6) is 5.75 Å². The fourth-order valence-corrected chi connectivity index (χ4v) is 2.49. The fraction of sp³-hybridized carbons (Fsp3) is 0.235. The predicted octanol–water partition coefficient (Wildman–Crippen LogP) is 2.03. The van der Waals surface area contributed by atoms with Gasteiger partial charge in [0.05, 0.1) is 18.5 Å². The molecule has 2 aromatic carbocycles. The van der Waals surface area contributed by atoms with E-state index >= 15 is 0 Å². The van der Waals surface area contributed by atoms with Crippen LogP contribution in [-0.2, 0) is 10.0 Å². The minimum Gasteiger partial charge on any atom is -0.492 e. The molecule has 2 aromatic rings. The molecule has 0 radical (unpaired) electrons. The van der Waals surface area contributed by atoms with Crippen LogP contribution in [0.1, 0.15) is 10.4 Å². The van der Waals surface area contributed by atoms with E-state index in [1.807, 2.05) is 0 Å². The second-order valence-electron chi connectivity index (χ2n) is 5.34. The first-order valence-electron chi connectivity index (χ1n) is 7.48. The molecule has 0 heterocycles.